The second-order valence-electron chi connectivity index (χ2n) is 4.65. The monoisotopic (exact) mass is 278 g/mol. The number of nitrogens with zero attached hydrogens (tertiary/aromatic N) is 3. The Kier molecular flexibility index (Phi) is 5.10. The molecule has 0 aliphatic carbocycles. The molecule has 0 saturated carbocycles. The minimum atomic E-state index is 0.160. The fraction of sp³-hybridized carbons (Fsp3) is 0.571. The first-order valence-electron chi connectivity index (χ1n) is 6.93. The lowest BCUT2D eigenvalue weighted by atomic mass is 10.2. The topological polar surface area (TPSA) is 42.7 Å². The number of rotatable bonds is 7. The fourth-order valence-corrected chi connectivity index (χ4v) is 2.99. The molecule has 0 saturated heterocycles. The van der Waals surface area contributed by atoms with Gasteiger partial charge in [-0.2, -0.15) is 0 Å². The zero-order valence-corrected chi connectivity index (χ0v) is 12.7. The summed E-state index contributed by atoms with van der Waals surface area (Å²) >= 11 is 1.74. The van der Waals surface area contributed by atoms with Crippen LogP contribution in [0, 0.1) is 6.92 Å². The average Bonchev–Trinajstić information content (AvgIpc) is 3.01. The van der Waals surface area contributed by atoms with Gasteiger partial charge >= 0.3 is 0 Å². The first-order chi connectivity index (χ1) is 9.26. The van der Waals surface area contributed by atoms with E-state index in [0.29, 0.717) is 0 Å². The smallest absolute Gasteiger partial charge is 0.131 e. The molecular weight excluding hydrogens is 256 g/mol. The van der Waals surface area contributed by atoms with Crippen LogP contribution >= 0.6 is 11.3 Å². The van der Waals surface area contributed by atoms with E-state index in [1.54, 1.807) is 11.3 Å². The van der Waals surface area contributed by atoms with Crippen molar-refractivity contribution in [2.75, 3.05) is 6.54 Å². The van der Waals surface area contributed by atoms with Gasteiger partial charge in [-0.1, -0.05) is 13.8 Å². The summed E-state index contributed by atoms with van der Waals surface area (Å²) in [5.74, 6) is 1.10. The summed E-state index contributed by atoms with van der Waals surface area (Å²) in [4.78, 5) is 10.2. The second kappa shape index (κ2) is 6.82. The Bertz CT molecular complexity index is 503. The van der Waals surface area contributed by atoms with Crippen molar-refractivity contribution in [3.8, 4) is 0 Å². The zero-order valence-electron chi connectivity index (χ0n) is 11.9. The van der Waals surface area contributed by atoms with Gasteiger partial charge in [-0.15, -0.1) is 11.3 Å². The van der Waals surface area contributed by atoms with E-state index in [1.165, 1.54) is 4.88 Å². The van der Waals surface area contributed by atoms with Gasteiger partial charge in [0.05, 0.1) is 5.01 Å². The number of hydrogen-bond donors (Lipinski definition) is 1. The minimum absolute atomic E-state index is 0.160. The van der Waals surface area contributed by atoms with Gasteiger partial charge in [0.1, 0.15) is 11.9 Å². The van der Waals surface area contributed by atoms with Gasteiger partial charge in [-0.25, -0.2) is 9.97 Å². The largest absolute Gasteiger partial charge is 0.333 e. The van der Waals surface area contributed by atoms with Crippen molar-refractivity contribution < 1.29 is 0 Å². The summed E-state index contributed by atoms with van der Waals surface area (Å²) in [6, 6.07) is 0.160. The second-order valence-corrected chi connectivity index (χ2v) is 5.91. The van der Waals surface area contributed by atoms with Crippen LogP contribution in [0.15, 0.2) is 18.6 Å². The average molecular weight is 278 g/mol. The van der Waals surface area contributed by atoms with Gasteiger partial charge in [0.15, 0.2) is 0 Å². The molecule has 2 aromatic rings. The molecule has 2 heterocycles. The highest BCUT2D eigenvalue weighted by atomic mass is 32.1. The van der Waals surface area contributed by atoms with Gasteiger partial charge in [-0.3, -0.25) is 0 Å². The third-order valence-electron chi connectivity index (χ3n) is 2.99. The van der Waals surface area contributed by atoms with Gasteiger partial charge in [-0.05, 0) is 26.3 Å². The Morgan fingerprint density at radius 3 is 2.79 bits per heavy atom. The van der Waals surface area contributed by atoms with Gasteiger partial charge in [0.2, 0.25) is 0 Å². The number of hydrogen-bond acceptors (Lipinski definition) is 4. The molecule has 0 bridgehead atoms. The molecule has 19 heavy (non-hydrogen) atoms. The number of nitrogens with one attached hydrogen (secondary N) is 1. The van der Waals surface area contributed by atoms with E-state index in [1.807, 2.05) is 19.3 Å². The van der Waals surface area contributed by atoms with E-state index in [4.69, 9.17) is 0 Å². The molecule has 4 nitrogen and oxygen atoms in total. The van der Waals surface area contributed by atoms with Crippen molar-refractivity contribution in [1.82, 2.24) is 19.9 Å². The first-order valence-corrected chi connectivity index (χ1v) is 7.74. The standard InChI is InChI=1S/C14H22N4S/c1-4-6-15-13(12-10-17-11(3)19-12)14-16-7-9-18(14)8-5-2/h7,9-10,13,15H,4-6,8H2,1-3H3. The van der Waals surface area contributed by atoms with E-state index in [2.05, 4.69) is 39.9 Å². The Hall–Kier alpha value is -1.20. The highest BCUT2D eigenvalue weighted by Crippen LogP contribution is 2.26. The van der Waals surface area contributed by atoms with Crippen LogP contribution in [0.25, 0.3) is 0 Å². The molecule has 0 spiro atoms. The highest BCUT2D eigenvalue weighted by Gasteiger charge is 2.20. The summed E-state index contributed by atoms with van der Waals surface area (Å²) in [6.45, 7) is 8.41. The van der Waals surface area contributed by atoms with Crippen LogP contribution in [0.3, 0.4) is 0 Å². The third-order valence-corrected chi connectivity index (χ3v) is 3.97. The highest BCUT2D eigenvalue weighted by molar-refractivity contribution is 7.11. The Balaban J connectivity index is 2.28. The lowest BCUT2D eigenvalue weighted by Crippen LogP contribution is -2.25. The molecule has 104 valence electrons. The van der Waals surface area contributed by atoms with Gasteiger partial charge in [0.25, 0.3) is 0 Å². The molecule has 0 aromatic carbocycles. The molecule has 5 heteroatoms. The Labute approximate surface area is 118 Å². The number of aromatic nitrogens is 3. The van der Waals surface area contributed by atoms with Crippen LogP contribution in [0.4, 0.5) is 0 Å². The quantitative estimate of drug-likeness (QED) is 0.846. The fourth-order valence-electron chi connectivity index (χ4n) is 2.13. The number of thiazole rings is 1. The van der Waals surface area contributed by atoms with E-state index in [9.17, 15) is 0 Å². The summed E-state index contributed by atoms with van der Waals surface area (Å²) < 4.78 is 2.24. The predicted molar refractivity (Wildman–Crippen MR) is 79.5 cm³/mol. The van der Waals surface area contributed by atoms with Gasteiger partial charge < -0.3 is 9.88 Å². The normalized spacial score (nSPS) is 12.8. The maximum atomic E-state index is 4.55. The molecule has 0 aliphatic rings. The molecular formula is C14H22N4S. The molecule has 2 rings (SSSR count). The summed E-state index contributed by atoms with van der Waals surface area (Å²) in [5, 5.41) is 4.69. The Morgan fingerprint density at radius 1 is 1.32 bits per heavy atom. The summed E-state index contributed by atoms with van der Waals surface area (Å²) in [6.07, 6.45) is 8.15. The van der Waals surface area contributed by atoms with Crippen LogP contribution in [-0.4, -0.2) is 21.1 Å². The van der Waals surface area contributed by atoms with Crippen molar-refractivity contribution in [1.29, 1.82) is 0 Å². The molecule has 0 radical (unpaired) electrons. The van der Waals surface area contributed by atoms with Crippen molar-refractivity contribution in [3.05, 3.63) is 34.3 Å². The molecule has 1 unspecified atom stereocenters. The maximum Gasteiger partial charge on any atom is 0.131 e. The minimum Gasteiger partial charge on any atom is -0.333 e. The molecule has 1 N–H and O–H groups in total. The van der Waals surface area contributed by atoms with E-state index >= 15 is 0 Å². The van der Waals surface area contributed by atoms with E-state index in [0.717, 1.165) is 36.8 Å². The van der Waals surface area contributed by atoms with Crippen molar-refractivity contribution >= 4 is 11.3 Å². The van der Waals surface area contributed by atoms with Crippen LogP contribution < -0.4 is 5.32 Å². The molecule has 0 amide bonds. The van der Waals surface area contributed by atoms with Crippen LogP contribution in [-0.2, 0) is 6.54 Å². The van der Waals surface area contributed by atoms with Gasteiger partial charge in [0, 0.05) is 30.0 Å². The summed E-state index contributed by atoms with van der Waals surface area (Å²) in [7, 11) is 0. The maximum absolute atomic E-state index is 4.55. The Morgan fingerprint density at radius 2 is 2.16 bits per heavy atom. The lowest BCUT2D eigenvalue weighted by molar-refractivity contribution is 0.535. The zero-order chi connectivity index (χ0) is 13.7. The van der Waals surface area contributed by atoms with E-state index < -0.39 is 0 Å². The lowest BCUT2D eigenvalue weighted by Gasteiger charge is -2.18. The summed E-state index contributed by atoms with van der Waals surface area (Å²) in [5.41, 5.74) is 0. The first kappa shape index (κ1) is 14.2. The van der Waals surface area contributed by atoms with Crippen molar-refractivity contribution in [3.63, 3.8) is 0 Å². The molecule has 0 fully saturated rings. The van der Waals surface area contributed by atoms with Crippen molar-refractivity contribution in [2.45, 2.75) is 46.2 Å². The van der Waals surface area contributed by atoms with E-state index in [-0.39, 0.29) is 6.04 Å². The SMILES string of the molecule is CCCNC(c1cnc(C)s1)c1nccn1CCC. The van der Waals surface area contributed by atoms with Crippen LogP contribution in [0.1, 0.15) is 48.4 Å². The molecule has 2 aromatic heterocycles. The third kappa shape index (κ3) is 3.42. The van der Waals surface area contributed by atoms with Crippen molar-refractivity contribution in [2.24, 2.45) is 0 Å². The number of imidazole rings is 1. The molecule has 0 aliphatic heterocycles. The van der Waals surface area contributed by atoms with Crippen LogP contribution in [0.5, 0.6) is 0 Å². The number of aryl methyl sites for hydroxylation is 2. The van der Waals surface area contributed by atoms with Crippen LogP contribution in [0.2, 0.25) is 0 Å². The molecule has 1 atom stereocenters. The predicted octanol–water partition coefficient (Wildman–Crippen LogP) is 3.15.